The minimum absolute atomic E-state index is 0.0242. The van der Waals surface area contributed by atoms with Crippen molar-refractivity contribution in [2.45, 2.75) is 18.1 Å². The lowest BCUT2D eigenvalue weighted by Gasteiger charge is -2.05. The molecule has 0 spiro atoms. The van der Waals surface area contributed by atoms with Crippen LogP contribution in [0.2, 0.25) is 0 Å². The van der Waals surface area contributed by atoms with Gasteiger partial charge in [0.25, 0.3) is 5.56 Å². The molecular weight excluding hydrogens is 238 g/mol. The van der Waals surface area contributed by atoms with E-state index in [0.717, 1.165) is 17.3 Å². The molecule has 2 rings (SSSR count). The molecular formula is C10H13N5OS. The Morgan fingerprint density at radius 2 is 2.35 bits per heavy atom. The Morgan fingerprint density at radius 3 is 3.12 bits per heavy atom. The van der Waals surface area contributed by atoms with Gasteiger partial charge < -0.3 is 10.3 Å². The molecule has 0 aliphatic heterocycles. The van der Waals surface area contributed by atoms with E-state index in [1.165, 1.54) is 12.4 Å². The molecule has 17 heavy (non-hydrogen) atoms. The van der Waals surface area contributed by atoms with E-state index in [1.807, 2.05) is 0 Å². The normalized spacial score (nSPS) is 10.6. The third-order valence-corrected chi connectivity index (χ3v) is 3.14. The highest BCUT2D eigenvalue weighted by Gasteiger charge is 1.99. The molecule has 0 radical (unpaired) electrons. The fraction of sp³-hybridized carbons (Fsp3) is 0.300. The standard InChI is InChI=1S/C10H13N5OS/c11-8-2-3-9(16)15(6-8)4-1-5-17-10-12-7-13-14-10/h2-3,6-7H,1,4-5,11H2,(H,12,13,14). The molecule has 0 aromatic carbocycles. The van der Waals surface area contributed by atoms with Crippen LogP contribution in [0.4, 0.5) is 5.69 Å². The van der Waals surface area contributed by atoms with E-state index >= 15 is 0 Å². The number of nitrogens with two attached hydrogens (primary N) is 1. The molecule has 0 amide bonds. The van der Waals surface area contributed by atoms with Crippen LogP contribution >= 0.6 is 11.8 Å². The fourth-order valence-corrected chi connectivity index (χ4v) is 2.10. The van der Waals surface area contributed by atoms with Crippen molar-refractivity contribution >= 4 is 17.4 Å². The predicted octanol–water partition coefficient (Wildman–Crippen LogP) is 0.731. The van der Waals surface area contributed by atoms with Crippen LogP contribution in [0.1, 0.15) is 6.42 Å². The van der Waals surface area contributed by atoms with Crippen molar-refractivity contribution in [3.8, 4) is 0 Å². The Hall–Kier alpha value is -1.76. The monoisotopic (exact) mass is 251 g/mol. The first kappa shape index (κ1) is 11.7. The minimum atomic E-state index is -0.0242. The van der Waals surface area contributed by atoms with Crippen molar-refractivity contribution in [2.24, 2.45) is 0 Å². The Balaban J connectivity index is 1.82. The summed E-state index contributed by atoms with van der Waals surface area (Å²) in [5.74, 6) is 0.871. The Bertz CT molecular complexity index is 522. The summed E-state index contributed by atoms with van der Waals surface area (Å²) in [6, 6.07) is 3.10. The first-order valence-corrected chi connectivity index (χ1v) is 6.18. The highest BCUT2D eigenvalue weighted by molar-refractivity contribution is 7.99. The van der Waals surface area contributed by atoms with Gasteiger partial charge in [0.05, 0.1) is 0 Å². The number of pyridine rings is 1. The Morgan fingerprint density at radius 1 is 1.47 bits per heavy atom. The molecule has 0 unspecified atom stereocenters. The van der Waals surface area contributed by atoms with Crippen molar-refractivity contribution < 1.29 is 0 Å². The summed E-state index contributed by atoms with van der Waals surface area (Å²) in [7, 11) is 0. The first-order chi connectivity index (χ1) is 8.25. The molecule has 0 saturated heterocycles. The van der Waals surface area contributed by atoms with Crippen LogP contribution in [0.25, 0.3) is 0 Å². The number of aromatic nitrogens is 4. The van der Waals surface area contributed by atoms with Gasteiger partial charge in [-0.2, -0.15) is 5.10 Å². The third kappa shape index (κ3) is 3.35. The van der Waals surface area contributed by atoms with Crippen LogP contribution in [0, 0.1) is 0 Å². The van der Waals surface area contributed by atoms with Crippen LogP contribution in [0.15, 0.2) is 34.6 Å². The van der Waals surface area contributed by atoms with Crippen LogP contribution in [0.3, 0.4) is 0 Å². The number of rotatable bonds is 5. The van der Waals surface area contributed by atoms with Crippen LogP contribution in [0.5, 0.6) is 0 Å². The molecule has 2 aromatic rings. The maximum atomic E-state index is 11.5. The average molecular weight is 251 g/mol. The average Bonchev–Trinajstić information content (AvgIpc) is 2.82. The van der Waals surface area contributed by atoms with Crippen molar-refractivity contribution in [3.63, 3.8) is 0 Å². The largest absolute Gasteiger partial charge is 0.398 e. The number of aryl methyl sites for hydroxylation is 1. The zero-order valence-electron chi connectivity index (χ0n) is 9.17. The molecule has 0 bridgehead atoms. The summed E-state index contributed by atoms with van der Waals surface area (Å²) in [5, 5.41) is 7.32. The molecule has 2 aromatic heterocycles. The van der Waals surface area contributed by atoms with Gasteiger partial charge in [-0.05, 0) is 12.5 Å². The second-order valence-electron chi connectivity index (χ2n) is 3.49. The smallest absolute Gasteiger partial charge is 0.250 e. The highest BCUT2D eigenvalue weighted by Crippen LogP contribution is 2.12. The number of thioether (sulfide) groups is 1. The summed E-state index contributed by atoms with van der Waals surface area (Å²) >= 11 is 1.58. The highest BCUT2D eigenvalue weighted by atomic mass is 32.2. The predicted molar refractivity (Wildman–Crippen MR) is 66.8 cm³/mol. The number of aromatic amines is 1. The summed E-state index contributed by atoms with van der Waals surface area (Å²) in [4.78, 5) is 15.5. The lowest BCUT2D eigenvalue weighted by molar-refractivity contribution is 0.659. The van der Waals surface area contributed by atoms with Crippen LogP contribution < -0.4 is 11.3 Å². The van der Waals surface area contributed by atoms with Crippen molar-refractivity contribution in [1.29, 1.82) is 0 Å². The maximum Gasteiger partial charge on any atom is 0.250 e. The summed E-state index contributed by atoms with van der Waals surface area (Å²) in [6.07, 6.45) is 4.01. The number of H-pyrrole nitrogens is 1. The van der Waals surface area contributed by atoms with E-state index in [2.05, 4.69) is 15.2 Å². The van der Waals surface area contributed by atoms with Crippen molar-refractivity contribution in [2.75, 3.05) is 11.5 Å². The molecule has 0 aliphatic rings. The molecule has 0 fully saturated rings. The molecule has 0 atom stereocenters. The quantitative estimate of drug-likeness (QED) is 0.604. The maximum absolute atomic E-state index is 11.5. The Labute approximate surface area is 102 Å². The van der Waals surface area contributed by atoms with Crippen LogP contribution in [-0.4, -0.2) is 25.5 Å². The van der Waals surface area contributed by atoms with Crippen LogP contribution in [-0.2, 0) is 6.54 Å². The van der Waals surface area contributed by atoms with Gasteiger partial charge in [-0.25, -0.2) is 4.98 Å². The molecule has 2 heterocycles. The Kier molecular flexibility index (Phi) is 3.81. The molecule has 6 nitrogen and oxygen atoms in total. The van der Waals surface area contributed by atoms with E-state index in [9.17, 15) is 4.79 Å². The van der Waals surface area contributed by atoms with Gasteiger partial charge in [0.15, 0.2) is 5.16 Å². The van der Waals surface area contributed by atoms with Gasteiger partial charge in [0, 0.05) is 30.2 Å². The van der Waals surface area contributed by atoms with E-state index < -0.39 is 0 Å². The van der Waals surface area contributed by atoms with E-state index in [1.54, 1.807) is 28.6 Å². The third-order valence-electron chi connectivity index (χ3n) is 2.18. The van der Waals surface area contributed by atoms with Gasteiger partial charge in [0.1, 0.15) is 6.33 Å². The fourth-order valence-electron chi connectivity index (χ4n) is 1.39. The van der Waals surface area contributed by atoms with Gasteiger partial charge in [-0.3, -0.25) is 9.89 Å². The molecule has 0 aliphatic carbocycles. The van der Waals surface area contributed by atoms with E-state index in [4.69, 9.17) is 5.73 Å². The lowest BCUT2D eigenvalue weighted by atomic mass is 10.4. The van der Waals surface area contributed by atoms with Gasteiger partial charge in [-0.1, -0.05) is 11.8 Å². The molecule has 3 N–H and O–H groups in total. The number of nitrogens with zero attached hydrogens (tertiary/aromatic N) is 3. The second kappa shape index (κ2) is 5.53. The SMILES string of the molecule is Nc1ccc(=O)n(CCCSc2ncn[nH]2)c1. The molecule has 0 saturated carbocycles. The first-order valence-electron chi connectivity index (χ1n) is 5.20. The number of hydrogen-bond acceptors (Lipinski definition) is 5. The van der Waals surface area contributed by atoms with Crippen molar-refractivity contribution in [1.82, 2.24) is 19.7 Å². The van der Waals surface area contributed by atoms with E-state index in [0.29, 0.717) is 12.2 Å². The molecule has 90 valence electrons. The number of hydrogen-bond donors (Lipinski definition) is 2. The minimum Gasteiger partial charge on any atom is -0.398 e. The zero-order chi connectivity index (χ0) is 12.1. The van der Waals surface area contributed by atoms with E-state index in [-0.39, 0.29) is 5.56 Å². The number of anilines is 1. The second-order valence-corrected chi connectivity index (χ2v) is 4.57. The van der Waals surface area contributed by atoms with Gasteiger partial charge in [0.2, 0.25) is 0 Å². The summed E-state index contributed by atoms with van der Waals surface area (Å²) < 4.78 is 1.62. The topological polar surface area (TPSA) is 89.6 Å². The molecule has 7 heteroatoms. The zero-order valence-corrected chi connectivity index (χ0v) is 9.98. The summed E-state index contributed by atoms with van der Waals surface area (Å²) in [5.41, 5.74) is 6.20. The number of nitrogen functional groups attached to an aromatic ring is 1. The van der Waals surface area contributed by atoms with Gasteiger partial charge >= 0.3 is 0 Å². The van der Waals surface area contributed by atoms with Gasteiger partial charge in [-0.15, -0.1) is 0 Å². The summed E-state index contributed by atoms with van der Waals surface area (Å²) in [6.45, 7) is 0.658. The lowest BCUT2D eigenvalue weighted by Crippen LogP contribution is -2.19. The number of nitrogens with one attached hydrogen (secondary N) is 1. The van der Waals surface area contributed by atoms with Crippen molar-refractivity contribution in [3.05, 3.63) is 35.0 Å².